The summed E-state index contributed by atoms with van der Waals surface area (Å²) in [4.78, 5) is 0. The standard InChI is InChI=1S/C13H18/c1-4-6-7-12-8-9-13(5-2)11(3)10-12/h5,8-10H,2,4,6-7H2,1,3H3. The summed E-state index contributed by atoms with van der Waals surface area (Å²) in [5, 5.41) is 0. The van der Waals surface area contributed by atoms with Gasteiger partial charge in [-0.3, -0.25) is 0 Å². The summed E-state index contributed by atoms with van der Waals surface area (Å²) >= 11 is 0. The molecule has 0 heteroatoms. The van der Waals surface area contributed by atoms with Gasteiger partial charge in [-0.05, 0) is 36.5 Å². The van der Waals surface area contributed by atoms with Gasteiger partial charge < -0.3 is 0 Å². The van der Waals surface area contributed by atoms with Crippen LogP contribution in [0.2, 0.25) is 0 Å². The van der Waals surface area contributed by atoms with Gasteiger partial charge in [0.15, 0.2) is 0 Å². The Morgan fingerprint density at radius 2 is 2.15 bits per heavy atom. The topological polar surface area (TPSA) is 0 Å². The van der Waals surface area contributed by atoms with Crippen molar-refractivity contribution in [3.05, 3.63) is 41.5 Å². The highest BCUT2D eigenvalue weighted by Gasteiger charge is 1.96. The van der Waals surface area contributed by atoms with E-state index in [-0.39, 0.29) is 0 Å². The second kappa shape index (κ2) is 4.86. The molecule has 70 valence electrons. The van der Waals surface area contributed by atoms with Crippen LogP contribution in [-0.4, -0.2) is 0 Å². The van der Waals surface area contributed by atoms with E-state index in [9.17, 15) is 0 Å². The van der Waals surface area contributed by atoms with Crippen molar-refractivity contribution in [2.24, 2.45) is 0 Å². The Morgan fingerprint density at radius 1 is 1.38 bits per heavy atom. The zero-order valence-electron chi connectivity index (χ0n) is 8.64. The predicted octanol–water partition coefficient (Wildman–Crippen LogP) is 3.98. The number of unbranched alkanes of at least 4 members (excludes halogenated alkanes) is 1. The van der Waals surface area contributed by atoms with Crippen LogP contribution in [0.1, 0.15) is 36.5 Å². The lowest BCUT2D eigenvalue weighted by atomic mass is 10.0. The molecule has 1 rings (SSSR count). The number of benzene rings is 1. The van der Waals surface area contributed by atoms with Crippen molar-refractivity contribution in [2.75, 3.05) is 0 Å². The van der Waals surface area contributed by atoms with E-state index in [4.69, 9.17) is 0 Å². The third-order valence-electron chi connectivity index (χ3n) is 2.37. The lowest BCUT2D eigenvalue weighted by molar-refractivity contribution is 0.794. The van der Waals surface area contributed by atoms with Crippen molar-refractivity contribution < 1.29 is 0 Å². The van der Waals surface area contributed by atoms with Gasteiger partial charge in [-0.2, -0.15) is 0 Å². The molecule has 0 N–H and O–H groups in total. The minimum atomic E-state index is 1.20. The Labute approximate surface area is 81.3 Å². The highest BCUT2D eigenvalue weighted by molar-refractivity contribution is 5.52. The number of rotatable bonds is 4. The maximum atomic E-state index is 3.78. The van der Waals surface area contributed by atoms with Crippen LogP contribution in [0.15, 0.2) is 24.8 Å². The van der Waals surface area contributed by atoms with Crippen molar-refractivity contribution in [3.8, 4) is 0 Å². The van der Waals surface area contributed by atoms with Gasteiger partial charge in [-0.15, -0.1) is 0 Å². The third-order valence-corrected chi connectivity index (χ3v) is 2.37. The molecule has 1 aromatic carbocycles. The van der Waals surface area contributed by atoms with Gasteiger partial charge in [0.2, 0.25) is 0 Å². The van der Waals surface area contributed by atoms with E-state index in [1.165, 1.54) is 36.0 Å². The summed E-state index contributed by atoms with van der Waals surface area (Å²) < 4.78 is 0. The summed E-state index contributed by atoms with van der Waals surface area (Å²) in [7, 11) is 0. The summed E-state index contributed by atoms with van der Waals surface area (Å²) in [6.07, 6.45) is 5.67. The van der Waals surface area contributed by atoms with E-state index >= 15 is 0 Å². The number of aryl methyl sites for hydroxylation is 2. The fourth-order valence-electron chi connectivity index (χ4n) is 1.50. The fourth-order valence-corrected chi connectivity index (χ4v) is 1.50. The monoisotopic (exact) mass is 174 g/mol. The van der Waals surface area contributed by atoms with Crippen LogP contribution >= 0.6 is 0 Å². The Kier molecular flexibility index (Phi) is 3.75. The second-order valence-corrected chi connectivity index (χ2v) is 3.50. The van der Waals surface area contributed by atoms with Crippen LogP contribution in [0, 0.1) is 6.92 Å². The van der Waals surface area contributed by atoms with Gasteiger partial charge >= 0.3 is 0 Å². The highest BCUT2D eigenvalue weighted by atomic mass is 14.0. The van der Waals surface area contributed by atoms with E-state index in [0.717, 1.165) is 0 Å². The zero-order chi connectivity index (χ0) is 9.68. The lowest BCUT2D eigenvalue weighted by Crippen LogP contribution is -1.87. The maximum absolute atomic E-state index is 3.78. The second-order valence-electron chi connectivity index (χ2n) is 3.50. The molecule has 13 heavy (non-hydrogen) atoms. The maximum Gasteiger partial charge on any atom is -0.0233 e. The normalized spacial score (nSPS) is 10.0. The smallest absolute Gasteiger partial charge is 0.0233 e. The molecular weight excluding hydrogens is 156 g/mol. The van der Waals surface area contributed by atoms with Gasteiger partial charge in [0.25, 0.3) is 0 Å². The number of hydrogen-bond acceptors (Lipinski definition) is 0. The molecule has 0 aliphatic carbocycles. The van der Waals surface area contributed by atoms with Crippen LogP contribution in [0.25, 0.3) is 6.08 Å². The van der Waals surface area contributed by atoms with Gasteiger partial charge in [0.1, 0.15) is 0 Å². The first-order chi connectivity index (χ1) is 6.27. The third kappa shape index (κ3) is 2.73. The van der Waals surface area contributed by atoms with E-state index in [0.29, 0.717) is 0 Å². The summed E-state index contributed by atoms with van der Waals surface area (Å²) in [5.74, 6) is 0. The molecule has 0 radical (unpaired) electrons. The molecule has 1 aromatic rings. The van der Waals surface area contributed by atoms with Crippen LogP contribution in [0.5, 0.6) is 0 Å². The molecule has 0 atom stereocenters. The van der Waals surface area contributed by atoms with Gasteiger partial charge in [-0.1, -0.05) is 44.2 Å². The first-order valence-corrected chi connectivity index (χ1v) is 5.00. The van der Waals surface area contributed by atoms with Crippen molar-refractivity contribution >= 4 is 6.08 Å². The Hall–Kier alpha value is -1.04. The quantitative estimate of drug-likeness (QED) is 0.647. The molecule has 0 aliphatic rings. The molecule has 0 aromatic heterocycles. The largest absolute Gasteiger partial charge is 0.0985 e. The molecular formula is C13H18. The summed E-state index contributed by atoms with van der Waals surface area (Å²) in [6, 6.07) is 6.64. The molecule has 0 saturated heterocycles. The average Bonchev–Trinajstić information content (AvgIpc) is 2.15. The highest BCUT2D eigenvalue weighted by Crippen LogP contribution is 2.13. The van der Waals surface area contributed by atoms with Crippen molar-refractivity contribution in [2.45, 2.75) is 33.1 Å². The van der Waals surface area contributed by atoms with Crippen molar-refractivity contribution in [3.63, 3.8) is 0 Å². The van der Waals surface area contributed by atoms with Gasteiger partial charge in [0.05, 0.1) is 0 Å². The zero-order valence-corrected chi connectivity index (χ0v) is 8.64. The molecule has 0 amide bonds. The molecule has 0 fully saturated rings. The van der Waals surface area contributed by atoms with Crippen LogP contribution in [-0.2, 0) is 6.42 Å². The predicted molar refractivity (Wildman–Crippen MR) is 59.9 cm³/mol. The molecule has 0 heterocycles. The van der Waals surface area contributed by atoms with Crippen LogP contribution in [0.3, 0.4) is 0 Å². The van der Waals surface area contributed by atoms with Crippen LogP contribution in [0.4, 0.5) is 0 Å². The van der Waals surface area contributed by atoms with E-state index in [1.807, 2.05) is 6.08 Å². The Balaban J connectivity index is 2.77. The van der Waals surface area contributed by atoms with Crippen molar-refractivity contribution in [1.82, 2.24) is 0 Å². The van der Waals surface area contributed by atoms with Gasteiger partial charge in [-0.25, -0.2) is 0 Å². The van der Waals surface area contributed by atoms with Crippen LogP contribution < -0.4 is 0 Å². The van der Waals surface area contributed by atoms with E-state index in [1.54, 1.807) is 0 Å². The molecule has 0 aliphatic heterocycles. The Bertz CT molecular complexity index is 284. The number of hydrogen-bond donors (Lipinski definition) is 0. The first-order valence-electron chi connectivity index (χ1n) is 5.00. The fraction of sp³-hybridized carbons (Fsp3) is 0.385. The molecule has 0 spiro atoms. The SMILES string of the molecule is C=Cc1ccc(CCCC)cc1C. The molecule has 0 unspecified atom stereocenters. The minimum Gasteiger partial charge on any atom is -0.0985 e. The average molecular weight is 174 g/mol. The van der Waals surface area contributed by atoms with Gasteiger partial charge in [0, 0.05) is 0 Å². The Morgan fingerprint density at radius 3 is 2.69 bits per heavy atom. The summed E-state index contributed by atoms with van der Waals surface area (Å²) in [5.41, 5.74) is 4.04. The minimum absolute atomic E-state index is 1.20. The van der Waals surface area contributed by atoms with Crippen molar-refractivity contribution in [1.29, 1.82) is 0 Å². The molecule has 0 bridgehead atoms. The van der Waals surface area contributed by atoms with E-state index < -0.39 is 0 Å². The summed E-state index contributed by atoms with van der Waals surface area (Å²) in [6.45, 7) is 8.16. The first kappa shape index (κ1) is 10.0. The van der Waals surface area contributed by atoms with E-state index in [2.05, 4.69) is 38.6 Å². The molecule has 0 saturated carbocycles. The molecule has 0 nitrogen and oxygen atoms in total. The lowest BCUT2D eigenvalue weighted by Gasteiger charge is -2.04.